The molecule has 1 N–H and O–H groups in total. The molecule has 0 saturated carbocycles. The van der Waals surface area contributed by atoms with Crippen LogP contribution in [0.5, 0.6) is 5.75 Å². The highest BCUT2D eigenvalue weighted by molar-refractivity contribution is 7.99. The van der Waals surface area contributed by atoms with Crippen molar-refractivity contribution < 1.29 is 27.8 Å². The molecule has 0 amide bonds. The van der Waals surface area contributed by atoms with E-state index in [-0.39, 0.29) is 22.3 Å². The van der Waals surface area contributed by atoms with E-state index in [1.807, 2.05) is 0 Å². The zero-order valence-electron chi connectivity index (χ0n) is 10.4. The molecule has 9 heteroatoms. The molecule has 112 valence electrons. The van der Waals surface area contributed by atoms with Gasteiger partial charge in [-0.15, -0.1) is 13.2 Å². The van der Waals surface area contributed by atoms with Crippen molar-refractivity contribution in [3.63, 3.8) is 0 Å². The first-order valence-corrected chi connectivity index (χ1v) is 6.58. The Bertz CT molecular complexity index is 643. The molecule has 0 radical (unpaired) electrons. The Morgan fingerprint density at radius 3 is 2.76 bits per heavy atom. The number of aromatic nitrogens is 2. The average Bonchev–Trinajstić information content (AvgIpc) is 2.83. The van der Waals surface area contributed by atoms with Crippen molar-refractivity contribution >= 4 is 17.7 Å². The number of aliphatic carboxylic acids is 1. The van der Waals surface area contributed by atoms with Crippen molar-refractivity contribution in [1.29, 1.82) is 0 Å². The number of ether oxygens (including phenoxy) is 1. The first kappa shape index (κ1) is 15.2. The second kappa shape index (κ2) is 6.08. The maximum absolute atomic E-state index is 12.4. The molecule has 0 bridgehead atoms. The van der Waals surface area contributed by atoms with Gasteiger partial charge in [0.1, 0.15) is 0 Å². The molecular weight excluding hydrogens is 309 g/mol. The summed E-state index contributed by atoms with van der Waals surface area (Å²) in [6, 6.07) is 5.55. The number of nitrogens with zero attached hydrogens (tertiary/aromatic N) is 2. The minimum absolute atomic E-state index is 0.125. The molecule has 0 aliphatic carbocycles. The molecule has 0 aliphatic heterocycles. The average molecular weight is 318 g/mol. The lowest BCUT2D eigenvalue weighted by Crippen LogP contribution is -2.18. The molecule has 1 aromatic carbocycles. The number of imidazole rings is 1. The molecule has 0 unspecified atom stereocenters. The zero-order valence-corrected chi connectivity index (χ0v) is 11.2. The highest BCUT2D eigenvalue weighted by atomic mass is 32.2. The molecule has 0 spiro atoms. The number of carbonyl (C=O) groups is 1. The zero-order chi connectivity index (χ0) is 15.5. The van der Waals surface area contributed by atoms with Gasteiger partial charge in [0.05, 0.1) is 11.4 Å². The van der Waals surface area contributed by atoms with E-state index in [1.165, 1.54) is 35.2 Å². The van der Waals surface area contributed by atoms with E-state index in [0.717, 1.165) is 11.8 Å². The van der Waals surface area contributed by atoms with Gasteiger partial charge in [0.25, 0.3) is 0 Å². The number of halogens is 3. The fourth-order valence-corrected chi connectivity index (χ4v) is 2.26. The third-order valence-electron chi connectivity index (χ3n) is 2.28. The monoisotopic (exact) mass is 318 g/mol. The molecule has 5 nitrogen and oxygen atoms in total. The van der Waals surface area contributed by atoms with Crippen LogP contribution in [0.2, 0.25) is 0 Å². The minimum Gasteiger partial charge on any atom is -0.481 e. The summed E-state index contributed by atoms with van der Waals surface area (Å²) in [5.74, 6) is -1.69. The Labute approximate surface area is 121 Å². The van der Waals surface area contributed by atoms with Crippen LogP contribution >= 0.6 is 11.8 Å². The van der Waals surface area contributed by atoms with Gasteiger partial charge in [-0.25, -0.2) is 4.98 Å². The Hall–Kier alpha value is -2.16. The minimum atomic E-state index is -4.81. The van der Waals surface area contributed by atoms with Crippen molar-refractivity contribution in [3.05, 3.63) is 36.7 Å². The Morgan fingerprint density at radius 1 is 1.38 bits per heavy atom. The standard InChI is InChI=1S/C12H9F3N2O3S/c13-12(14,15)20-9-4-2-1-3-8(9)17-6-5-16-11(17)21-7-10(18)19/h1-6H,7H2,(H,18,19). The van der Waals surface area contributed by atoms with E-state index < -0.39 is 12.3 Å². The van der Waals surface area contributed by atoms with Crippen LogP contribution in [0.3, 0.4) is 0 Å². The second-order valence-electron chi connectivity index (χ2n) is 3.78. The lowest BCUT2D eigenvalue weighted by atomic mass is 10.3. The van der Waals surface area contributed by atoms with Gasteiger partial charge in [-0.1, -0.05) is 23.9 Å². The van der Waals surface area contributed by atoms with E-state index in [2.05, 4.69) is 9.72 Å². The smallest absolute Gasteiger partial charge is 0.481 e. The van der Waals surface area contributed by atoms with Crippen LogP contribution in [0.15, 0.2) is 41.8 Å². The van der Waals surface area contributed by atoms with Crippen molar-refractivity contribution in [2.75, 3.05) is 5.75 Å². The second-order valence-corrected chi connectivity index (χ2v) is 4.72. The van der Waals surface area contributed by atoms with Crippen LogP contribution in [0, 0.1) is 0 Å². The summed E-state index contributed by atoms with van der Waals surface area (Å²) in [4.78, 5) is 14.5. The van der Waals surface area contributed by atoms with Gasteiger partial charge in [0.2, 0.25) is 0 Å². The molecule has 21 heavy (non-hydrogen) atoms. The van der Waals surface area contributed by atoms with Crippen LogP contribution in [-0.2, 0) is 4.79 Å². The third-order valence-corrected chi connectivity index (χ3v) is 3.23. The van der Waals surface area contributed by atoms with E-state index in [4.69, 9.17) is 5.11 Å². The summed E-state index contributed by atoms with van der Waals surface area (Å²) in [5, 5.41) is 8.91. The predicted molar refractivity (Wildman–Crippen MR) is 68.6 cm³/mol. The fourth-order valence-electron chi connectivity index (χ4n) is 1.57. The van der Waals surface area contributed by atoms with E-state index in [9.17, 15) is 18.0 Å². The van der Waals surface area contributed by atoms with E-state index in [1.54, 1.807) is 6.07 Å². The predicted octanol–water partition coefficient (Wildman–Crippen LogP) is 2.95. The van der Waals surface area contributed by atoms with E-state index >= 15 is 0 Å². The number of carboxylic acid groups (broad SMARTS) is 1. The Kier molecular flexibility index (Phi) is 4.41. The van der Waals surface area contributed by atoms with Crippen LogP contribution < -0.4 is 4.74 Å². The molecule has 2 aromatic rings. The highest BCUT2D eigenvalue weighted by Gasteiger charge is 2.32. The van der Waals surface area contributed by atoms with E-state index in [0.29, 0.717) is 0 Å². The maximum Gasteiger partial charge on any atom is 0.573 e. The molecule has 0 atom stereocenters. The van der Waals surface area contributed by atoms with Gasteiger partial charge >= 0.3 is 12.3 Å². The highest BCUT2D eigenvalue weighted by Crippen LogP contribution is 2.31. The molecule has 0 aliphatic rings. The van der Waals surface area contributed by atoms with Crippen LogP contribution in [0.4, 0.5) is 13.2 Å². The van der Waals surface area contributed by atoms with Gasteiger partial charge in [-0.3, -0.25) is 9.36 Å². The summed E-state index contributed by atoms with van der Waals surface area (Å²) < 4.78 is 42.5. The van der Waals surface area contributed by atoms with Crippen molar-refractivity contribution in [2.45, 2.75) is 11.5 Å². The Morgan fingerprint density at radius 2 is 2.10 bits per heavy atom. The molecule has 1 aromatic heterocycles. The largest absolute Gasteiger partial charge is 0.573 e. The van der Waals surface area contributed by atoms with Crippen LogP contribution in [0.1, 0.15) is 0 Å². The van der Waals surface area contributed by atoms with Crippen LogP contribution in [0.25, 0.3) is 5.69 Å². The SMILES string of the molecule is O=C(O)CSc1nccn1-c1ccccc1OC(F)(F)F. The normalized spacial score (nSPS) is 11.4. The molecule has 0 saturated heterocycles. The first-order valence-electron chi connectivity index (χ1n) is 5.60. The molecule has 2 rings (SSSR count). The molecular formula is C12H9F3N2O3S. The molecule has 1 heterocycles. The van der Waals surface area contributed by atoms with Crippen molar-refractivity contribution in [3.8, 4) is 11.4 Å². The lowest BCUT2D eigenvalue weighted by Gasteiger charge is -2.14. The summed E-state index contributed by atoms with van der Waals surface area (Å²) >= 11 is 0.899. The number of hydrogen-bond donors (Lipinski definition) is 1. The number of benzene rings is 1. The lowest BCUT2D eigenvalue weighted by molar-refractivity contribution is -0.274. The maximum atomic E-state index is 12.4. The van der Waals surface area contributed by atoms with Crippen molar-refractivity contribution in [1.82, 2.24) is 9.55 Å². The quantitative estimate of drug-likeness (QED) is 0.859. The third kappa shape index (κ3) is 4.15. The number of hydrogen-bond acceptors (Lipinski definition) is 4. The summed E-state index contributed by atoms with van der Waals surface area (Å²) in [5.41, 5.74) is 0.125. The summed E-state index contributed by atoms with van der Waals surface area (Å²) in [7, 11) is 0. The number of carboxylic acids is 1. The van der Waals surface area contributed by atoms with Gasteiger partial charge in [0, 0.05) is 12.4 Å². The summed E-state index contributed by atoms with van der Waals surface area (Å²) in [6.45, 7) is 0. The topological polar surface area (TPSA) is 64.3 Å². The summed E-state index contributed by atoms with van der Waals surface area (Å²) in [6.07, 6.45) is -2.01. The van der Waals surface area contributed by atoms with Gasteiger partial charge in [-0.05, 0) is 12.1 Å². The van der Waals surface area contributed by atoms with Gasteiger partial charge < -0.3 is 9.84 Å². The van der Waals surface area contributed by atoms with Gasteiger partial charge in [0.15, 0.2) is 10.9 Å². The first-order chi connectivity index (χ1) is 9.87. The van der Waals surface area contributed by atoms with Crippen LogP contribution in [-0.4, -0.2) is 32.7 Å². The van der Waals surface area contributed by atoms with Crippen molar-refractivity contribution in [2.24, 2.45) is 0 Å². The fraction of sp³-hybridized carbons (Fsp3) is 0.167. The number of alkyl halides is 3. The number of para-hydroxylation sites is 2. The number of rotatable bonds is 5. The Balaban J connectivity index is 2.34. The van der Waals surface area contributed by atoms with Gasteiger partial charge in [-0.2, -0.15) is 0 Å². The number of thioether (sulfide) groups is 1. The molecule has 0 fully saturated rings.